The Morgan fingerprint density at radius 1 is 0.969 bits per heavy atom. The Hall–Kier alpha value is -3.58. The van der Waals surface area contributed by atoms with Crippen molar-refractivity contribution in [3.8, 4) is 17.0 Å². The summed E-state index contributed by atoms with van der Waals surface area (Å²) >= 11 is 1.37. The molecule has 162 valence electrons. The number of nitrogen functional groups attached to an aromatic ring is 1. The van der Waals surface area contributed by atoms with Crippen molar-refractivity contribution < 1.29 is 9.53 Å². The quantitative estimate of drug-likeness (QED) is 0.501. The summed E-state index contributed by atoms with van der Waals surface area (Å²) in [6.07, 6.45) is 0. The van der Waals surface area contributed by atoms with E-state index in [1.807, 2.05) is 59.5 Å². The first-order chi connectivity index (χ1) is 15.6. The number of rotatable bonds is 4. The molecule has 32 heavy (non-hydrogen) atoms. The van der Waals surface area contributed by atoms with E-state index in [-0.39, 0.29) is 5.91 Å². The molecule has 1 saturated heterocycles. The van der Waals surface area contributed by atoms with Crippen LogP contribution in [0.1, 0.15) is 9.67 Å². The van der Waals surface area contributed by atoms with E-state index in [1.165, 1.54) is 17.0 Å². The topological polar surface area (TPSA) is 71.7 Å². The lowest BCUT2D eigenvalue weighted by Crippen LogP contribution is -2.48. The number of hydrogen-bond donors (Lipinski definition) is 1. The number of fused-ring (bicyclic) bond motifs is 1. The molecule has 0 aliphatic carbocycles. The maximum absolute atomic E-state index is 13.3. The van der Waals surface area contributed by atoms with Gasteiger partial charge in [0, 0.05) is 42.8 Å². The average Bonchev–Trinajstić information content (AvgIpc) is 3.20. The van der Waals surface area contributed by atoms with Gasteiger partial charge in [0.1, 0.15) is 15.5 Å². The van der Waals surface area contributed by atoms with Gasteiger partial charge in [0.05, 0.1) is 18.5 Å². The van der Waals surface area contributed by atoms with Crippen LogP contribution in [0.2, 0.25) is 0 Å². The molecule has 1 aliphatic rings. The molecule has 1 amide bonds. The number of hydrogen-bond acceptors (Lipinski definition) is 6. The SMILES string of the molecule is COc1ccc(-c2ccc3c(N)c(C(=O)N4CCN(c5ccccc5)CC4)sc3n2)cc1. The number of anilines is 2. The van der Waals surface area contributed by atoms with Crippen molar-refractivity contribution in [2.75, 3.05) is 43.9 Å². The second kappa shape index (κ2) is 8.51. The highest BCUT2D eigenvalue weighted by Crippen LogP contribution is 2.35. The van der Waals surface area contributed by atoms with Crippen molar-refractivity contribution in [2.45, 2.75) is 0 Å². The van der Waals surface area contributed by atoms with Crippen LogP contribution in [0.3, 0.4) is 0 Å². The van der Waals surface area contributed by atoms with Crippen LogP contribution < -0.4 is 15.4 Å². The number of nitrogens with two attached hydrogens (primary N) is 1. The minimum atomic E-state index is -0.00999. The molecule has 6 nitrogen and oxygen atoms in total. The van der Waals surface area contributed by atoms with E-state index in [4.69, 9.17) is 15.5 Å². The molecule has 3 heterocycles. The fourth-order valence-corrected chi connectivity index (χ4v) is 5.09. The predicted octanol–water partition coefficient (Wildman–Crippen LogP) is 4.52. The van der Waals surface area contributed by atoms with E-state index in [2.05, 4.69) is 17.0 Å². The number of para-hydroxylation sites is 1. The summed E-state index contributed by atoms with van der Waals surface area (Å²) in [7, 11) is 1.65. The zero-order valence-electron chi connectivity index (χ0n) is 17.8. The van der Waals surface area contributed by atoms with Crippen LogP contribution >= 0.6 is 11.3 Å². The number of benzene rings is 2. The number of thiophene rings is 1. The molecule has 1 aliphatic heterocycles. The fourth-order valence-electron chi connectivity index (χ4n) is 4.03. The Balaban J connectivity index is 1.36. The summed E-state index contributed by atoms with van der Waals surface area (Å²) in [5, 5.41) is 0.832. The lowest BCUT2D eigenvalue weighted by atomic mass is 10.1. The molecule has 4 aromatic rings. The first-order valence-electron chi connectivity index (χ1n) is 10.6. The van der Waals surface area contributed by atoms with Crippen molar-refractivity contribution in [3.05, 3.63) is 71.6 Å². The Bertz CT molecular complexity index is 1250. The summed E-state index contributed by atoms with van der Waals surface area (Å²) in [4.78, 5) is 23.6. The lowest BCUT2D eigenvalue weighted by molar-refractivity contribution is 0.0752. The summed E-state index contributed by atoms with van der Waals surface area (Å²) in [6.45, 7) is 2.96. The number of aromatic nitrogens is 1. The lowest BCUT2D eigenvalue weighted by Gasteiger charge is -2.36. The maximum Gasteiger partial charge on any atom is 0.266 e. The first-order valence-corrected chi connectivity index (χ1v) is 11.4. The van der Waals surface area contributed by atoms with Crippen LogP contribution in [-0.4, -0.2) is 49.1 Å². The number of carbonyl (C=O) groups is 1. The van der Waals surface area contributed by atoms with E-state index < -0.39 is 0 Å². The number of carbonyl (C=O) groups excluding carboxylic acids is 1. The van der Waals surface area contributed by atoms with Gasteiger partial charge in [0.15, 0.2) is 0 Å². The fraction of sp³-hybridized carbons (Fsp3) is 0.200. The molecule has 0 atom stereocenters. The van der Waals surface area contributed by atoms with E-state index >= 15 is 0 Å². The van der Waals surface area contributed by atoms with E-state index in [1.54, 1.807) is 7.11 Å². The predicted molar refractivity (Wildman–Crippen MR) is 131 cm³/mol. The van der Waals surface area contributed by atoms with Gasteiger partial charge in [-0.05, 0) is 48.5 Å². The number of nitrogens with zero attached hydrogens (tertiary/aromatic N) is 3. The number of pyridine rings is 1. The van der Waals surface area contributed by atoms with E-state index in [9.17, 15) is 4.79 Å². The summed E-state index contributed by atoms with van der Waals surface area (Å²) < 4.78 is 5.23. The van der Waals surface area contributed by atoms with Gasteiger partial charge < -0.3 is 20.3 Å². The van der Waals surface area contributed by atoms with Crippen molar-refractivity contribution in [3.63, 3.8) is 0 Å². The molecule has 0 saturated carbocycles. The summed E-state index contributed by atoms with van der Waals surface area (Å²) in [6, 6.07) is 22.0. The number of amides is 1. The van der Waals surface area contributed by atoms with Gasteiger partial charge in [0.2, 0.25) is 0 Å². The first kappa shape index (κ1) is 20.3. The third kappa shape index (κ3) is 3.76. The number of piperazine rings is 1. The zero-order chi connectivity index (χ0) is 22.1. The Morgan fingerprint density at radius 3 is 2.38 bits per heavy atom. The third-order valence-electron chi connectivity index (χ3n) is 5.86. The molecule has 2 N–H and O–H groups in total. The molecule has 0 bridgehead atoms. The average molecular weight is 445 g/mol. The molecular weight excluding hydrogens is 420 g/mol. The highest BCUT2D eigenvalue weighted by Gasteiger charge is 2.26. The highest BCUT2D eigenvalue weighted by atomic mass is 32.1. The van der Waals surface area contributed by atoms with Crippen LogP contribution in [0, 0.1) is 0 Å². The molecule has 0 spiro atoms. The normalized spacial score (nSPS) is 14.0. The van der Waals surface area contributed by atoms with Crippen LogP contribution in [0.15, 0.2) is 66.7 Å². The van der Waals surface area contributed by atoms with Gasteiger partial charge in [-0.15, -0.1) is 11.3 Å². The smallest absolute Gasteiger partial charge is 0.266 e. The summed E-state index contributed by atoms with van der Waals surface area (Å²) in [5.41, 5.74) is 9.94. The highest BCUT2D eigenvalue weighted by molar-refractivity contribution is 7.21. The minimum absolute atomic E-state index is 0.00999. The van der Waals surface area contributed by atoms with Gasteiger partial charge in [-0.25, -0.2) is 4.98 Å². The second-order valence-corrected chi connectivity index (χ2v) is 8.74. The van der Waals surface area contributed by atoms with Crippen LogP contribution in [0.25, 0.3) is 21.5 Å². The van der Waals surface area contributed by atoms with Crippen molar-refractivity contribution in [1.82, 2.24) is 9.88 Å². The van der Waals surface area contributed by atoms with Gasteiger partial charge in [-0.3, -0.25) is 4.79 Å². The van der Waals surface area contributed by atoms with Crippen molar-refractivity contribution in [1.29, 1.82) is 0 Å². The Morgan fingerprint density at radius 2 is 1.69 bits per heavy atom. The minimum Gasteiger partial charge on any atom is -0.497 e. The molecule has 5 rings (SSSR count). The van der Waals surface area contributed by atoms with Crippen LogP contribution in [-0.2, 0) is 0 Å². The van der Waals surface area contributed by atoms with Crippen molar-refractivity contribution in [2.24, 2.45) is 0 Å². The molecule has 7 heteroatoms. The van der Waals surface area contributed by atoms with Gasteiger partial charge in [0.25, 0.3) is 5.91 Å². The van der Waals surface area contributed by atoms with Crippen LogP contribution in [0.4, 0.5) is 11.4 Å². The molecular formula is C25H24N4O2S. The third-order valence-corrected chi connectivity index (χ3v) is 6.97. The molecule has 2 aromatic heterocycles. The Kier molecular flexibility index (Phi) is 5.41. The largest absolute Gasteiger partial charge is 0.497 e. The molecule has 0 radical (unpaired) electrons. The van der Waals surface area contributed by atoms with Gasteiger partial charge in [-0.1, -0.05) is 18.2 Å². The summed E-state index contributed by atoms with van der Waals surface area (Å²) in [5.74, 6) is 0.791. The molecule has 1 fully saturated rings. The van der Waals surface area contributed by atoms with E-state index in [0.717, 1.165) is 40.3 Å². The Labute approximate surface area is 190 Å². The van der Waals surface area contributed by atoms with Gasteiger partial charge in [-0.2, -0.15) is 0 Å². The number of ether oxygens (including phenoxy) is 1. The molecule has 2 aromatic carbocycles. The standard InChI is InChI=1S/C25H24N4O2S/c1-31-19-9-7-17(8-10-19)21-12-11-20-22(26)23(32-24(20)27-21)25(30)29-15-13-28(14-16-29)18-5-3-2-4-6-18/h2-12H,13-16,26H2,1H3. The van der Waals surface area contributed by atoms with E-state index in [0.29, 0.717) is 23.7 Å². The monoisotopic (exact) mass is 444 g/mol. The molecule has 0 unspecified atom stereocenters. The number of methoxy groups -OCH3 is 1. The maximum atomic E-state index is 13.3. The van der Waals surface area contributed by atoms with Crippen LogP contribution in [0.5, 0.6) is 5.75 Å². The zero-order valence-corrected chi connectivity index (χ0v) is 18.6. The van der Waals surface area contributed by atoms with Crippen molar-refractivity contribution >= 4 is 38.8 Å². The second-order valence-electron chi connectivity index (χ2n) is 7.74. The van der Waals surface area contributed by atoms with Gasteiger partial charge >= 0.3 is 0 Å².